The molecule has 0 aliphatic heterocycles. The van der Waals surface area contributed by atoms with Crippen molar-refractivity contribution in [2.24, 2.45) is 5.92 Å². The number of rotatable bonds is 4. The van der Waals surface area contributed by atoms with Crippen LogP contribution in [0.25, 0.3) is 0 Å². The quantitative estimate of drug-likeness (QED) is 0.908. The second-order valence-electron chi connectivity index (χ2n) is 7.49. The molecule has 1 fully saturated rings. The number of hydrogen-bond donors (Lipinski definition) is 1. The molecule has 0 bridgehead atoms. The van der Waals surface area contributed by atoms with E-state index in [1.54, 1.807) is 0 Å². The minimum Gasteiger partial charge on any atom is -0.474 e. The molecule has 1 aliphatic carbocycles. The molecule has 1 aliphatic rings. The fourth-order valence-corrected chi connectivity index (χ4v) is 2.97. The van der Waals surface area contributed by atoms with Gasteiger partial charge in [0.25, 0.3) is 0 Å². The lowest BCUT2D eigenvalue weighted by Crippen LogP contribution is -2.25. The molecule has 1 aromatic heterocycles. The van der Waals surface area contributed by atoms with Crippen LogP contribution in [-0.4, -0.2) is 18.1 Å². The number of nitrogens with one attached hydrogen (secondary N) is 1. The molecular formula is C18H30N2O. The SMILES string of the molecule is CNCc1cc(OC2CCCC(C)C2)nc(C(C)(C)C)c1. The van der Waals surface area contributed by atoms with Crippen LogP contribution in [0.3, 0.4) is 0 Å². The number of ether oxygens (including phenoxy) is 1. The first-order valence-electron chi connectivity index (χ1n) is 8.21. The Kier molecular flexibility index (Phi) is 5.26. The highest BCUT2D eigenvalue weighted by Gasteiger charge is 2.22. The molecule has 21 heavy (non-hydrogen) atoms. The summed E-state index contributed by atoms with van der Waals surface area (Å²) in [5.41, 5.74) is 2.40. The second-order valence-corrected chi connectivity index (χ2v) is 7.49. The average molecular weight is 290 g/mol. The first-order valence-corrected chi connectivity index (χ1v) is 8.21. The number of aromatic nitrogens is 1. The molecule has 0 aromatic carbocycles. The average Bonchev–Trinajstić information content (AvgIpc) is 2.37. The molecule has 0 saturated heterocycles. The van der Waals surface area contributed by atoms with E-state index in [9.17, 15) is 0 Å². The van der Waals surface area contributed by atoms with Crippen molar-refractivity contribution < 1.29 is 4.74 Å². The Morgan fingerprint density at radius 1 is 1.29 bits per heavy atom. The molecule has 3 heteroatoms. The Balaban J connectivity index is 2.19. The predicted octanol–water partition coefficient (Wildman–Crippen LogP) is 4.06. The molecule has 1 saturated carbocycles. The van der Waals surface area contributed by atoms with Crippen LogP contribution in [0.2, 0.25) is 0 Å². The van der Waals surface area contributed by atoms with Gasteiger partial charge in [0.1, 0.15) is 6.10 Å². The molecule has 2 atom stereocenters. The highest BCUT2D eigenvalue weighted by molar-refractivity contribution is 5.28. The summed E-state index contributed by atoms with van der Waals surface area (Å²) in [6.07, 6.45) is 5.25. The van der Waals surface area contributed by atoms with E-state index >= 15 is 0 Å². The van der Waals surface area contributed by atoms with Gasteiger partial charge in [0.15, 0.2) is 0 Å². The van der Waals surface area contributed by atoms with Gasteiger partial charge in [0, 0.05) is 18.0 Å². The van der Waals surface area contributed by atoms with Crippen LogP contribution in [0.15, 0.2) is 12.1 Å². The van der Waals surface area contributed by atoms with Gasteiger partial charge in [-0.05, 0) is 43.9 Å². The summed E-state index contributed by atoms with van der Waals surface area (Å²) in [5, 5.41) is 3.22. The van der Waals surface area contributed by atoms with Crippen molar-refractivity contribution in [3.8, 4) is 5.88 Å². The third-order valence-corrected chi connectivity index (χ3v) is 4.19. The molecule has 0 amide bonds. The Labute approximate surface area is 129 Å². The maximum absolute atomic E-state index is 6.21. The maximum Gasteiger partial charge on any atom is 0.214 e. The fourth-order valence-electron chi connectivity index (χ4n) is 2.97. The summed E-state index contributed by atoms with van der Waals surface area (Å²) in [6, 6.07) is 4.28. The standard InChI is InChI=1S/C18H30N2O/c1-13-7-6-8-15(9-13)21-17-11-14(12-19-5)10-16(20-17)18(2,3)4/h10-11,13,15,19H,6-9,12H2,1-5H3. The summed E-state index contributed by atoms with van der Waals surface area (Å²) in [7, 11) is 1.97. The minimum atomic E-state index is 0.0434. The van der Waals surface area contributed by atoms with Gasteiger partial charge in [-0.1, -0.05) is 34.1 Å². The first-order chi connectivity index (χ1) is 9.88. The summed E-state index contributed by atoms with van der Waals surface area (Å²) in [5.74, 6) is 1.57. The van der Waals surface area contributed by atoms with Crippen molar-refractivity contribution in [3.63, 3.8) is 0 Å². The van der Waals surface area contributed by atoms with Gasteiger partial charge in [-0.3, -0.25) is 0 Å². The topological polar surface area (TPSA) is 34.1 Å². The highest BCUT2D eigenvalue weighted by Crippen LogP contribution is 2.29. The second kappa shape index (κ2) is 6.78. The van der Waals surface area contributed by atoms with E-state index < -0.39 is 0 Å². The van der Waals surface area contributed by atoms with Crippen molar-refractivity contribution in [2.45, 2.75) is 71.4 Å². The fraction of sp³-hybridized carbons (Fsp3) is 0.722. The van der Waals surface area contributed by atoms with Crippen LogP contribution in [0.4, 0.5) is 0 Å². The van der Waals surface area contributed by atoms with E-state index in [1.807, 2.05) is 7.05 Å². The van der Waals surface area contributed by atoms with E-state index in [2.05, 4.69) is 45.1 Å². The third-order valence-electron chi connectivity index (χ3n) is 4.19. The Bertz CT molecular complexity index is 465. The molecule has 2 rings (SSSR count). The summed E-state index contributed by atoms with van der Waals surface area (Å²) < 4.78 is 6.21. The molecule has 1 heterocycles. The highest BCUT2D eigenvalue weighted by atomic mass is 16.5. The number of pyridine rings is 1. The zero-order valence-corrected chi connectivity index (χ0v) is 14.2. The molecule has 0 spiro atoms. The van der Waals surface area contributed by atoms with Gasteiger partial charge >= 0.3 is 0 Å². The molecule has 1 N–H and O–H groups in total. The van der Waals surface area contributed by atoms with Gasteiger partial charge in [-0.25, -0.2) is 4.98 Å². The lowest BCUT2D eigenvalue weighted by Gasteiger charge is -2.28. The van der Waals surface area contributed by atoms with E-state index in [1.165, 1.54) is 18.4 Å². The van der Waals surface area contributed by atoms with E-state index in [0.29, 0.717) is 6.10 Å². The molecular weight excluding hydrogens is 260 g/mol. The Morgan fingerprint density at radius 2 is 2.05 bits per heavy atom. The van der Waals surface area contributed by atoms with Crippen molar-refractivity contribution >= 4 is 0 Å². The summed E-state index contributed by atoms with van der Waals surface area (Å²) >= 11 is 0. The smallest absolute Gasteiger partial charge is 0.214 e. The van der Waals surface area contributed by atoms with Crippen LogP contribution in [0.1, 0.15) is 64.6 Å². The van der Waals surface area contributed by atoms with Gasteiger partial charge in [0.05, 0.1) is 5.69 Å². The Morgan fingerprint density at radius 3 is 2.67 bits per heavy atom. The van der Waals surface area contributed by atoms with Crippen LogP contribution in [0.5, 0.6) is 5.88 Å². The molecule has 3 nitrogen and oxygen atoms in total. The monoisotopic (exact) mass is 290 g/mol. The Hall–Kier alpha value is -1.09. The zero-order valence-electron chi connectivity index (χ0n) is 14.2. The van der Waals surface area contributed by atoms with Crippen molar-refractivity contribution in [1.82, 2.24) is 10.3 Å². The van der Waals surface area contributed by atoms with Gasteiger partial charge in [0.2, 0.25) is 5.88 Å². The van der Waals surface area contributed by atoms with Crippen molar-refractivity contribution in [3.05, 3.63) is 23.4 Å². The molecule has 0 radical (unpaired) electrons. The predicted molar refractivity (Wildman–Crippen MR) is 87.7 cm³/mol. The largest absolute Gasteiger partial charge is 0.474 e. The van der Waals surface area contributed by atoms with Gasteiger partial charge in [-0.15, -0.1) is 0 Å². The van der Waals surface area contributed by atoms with E-state index in [0.717, 1.165) is 36.9 Å². The maximum atomic E-state index is 6.21. The lowest BCUT2D eigenvalue weighted by molar-refractivity contribution is 0.123. The molecule has 2 unspecified atom stereocenters. The zero-order chi connectivity index (χ0) is 15.5. The van der Waals surface area contributed by atoms with Crippen LogP contribution >= 0.6 is 0 Å². The van der Waals surface area contributed by atoms with Crippen LogP contribution < -0.4 is 10.1 Å². The molecule has 1 aromatic rings. The van der Waals surface area contributed by atoms with E-state index in [-0.39, 0.29) is 5.41 Å². The van der Waals surface area contributed by atoms with Crippen LogP contribution in [-0.2, 0) is 12.0 Å². The summed E-state index contributed by atoms with van der Waals surface area (Å²) in [4.78, 5) is 4.76. The van der Waals surface area contributed by atoms with E-state index in [4.69, 9.17) is 9.72 Å². The van der Waals surface area contributed by atoms with Gasteiger partial charge in [-0.2, -0.15) is 0 Å². The summed E-state index contributed by atoms with van der Waals surface area (Å²) in [6.45, 7) is 9.77. The van der Waals surface area contributed by atoms with Crippen molar-refractivity contribution in [1.29, 1.82) is 0 Å². The normalized spacial score (nSPS) is 23.1. The van der Waals surface area contributed by atoms with Crippen LogP contribution in [0, 0.1) is 5.92 Å². The minimum absolute atomic E-state index is 0.0434. The number of nitrogens with zero attached hydrogens (tertiary/aromatic N) is 1. The van der Waals surface area contributed by atoms with Crippen molar-refractivity contribution in [2.75, 3.05) is 7.05 Å². The lowest BCUT2D eigenvalue weighted by atomic mass is 9.88. The molecule has 118 valence electrons. The third kappa shape index (κ3) is 4.70. The number of hydrogen-bond acceptors (Lipinski definition) is 3. The first kappa shape index (κ1) is 16.3. The van der Waals surface area contributed by atoms with Gasteiger partial charge < -0.3 is 10.1 Å².